The number of aromatic nitrogens is 1. The second-order valence-corrected chi connectivity index (χ2v) is 6.82. The fourth-order valence-corrected chi connectivity index (χ4v) is 3.56. The summed E-state index contributed by atoms with van der Waals surface area (Å²) in [6.45, 7) is 4.14. The molecule has 0 bridgehead atoms. The minimum atomic E-state index is -0.239. The first-order valence-electron chi connectivity index (χ1n) is 9.73. The number of benzene rings is 1. The topological polar surface area (TPSA) is 105 Å². The lowest BCUT2D eigenvalue weighted by atomic mass is 10.1. The SMILES string of the molecule is CCOC(=O)N1CCC(NC(N)=NCCc2c[nH]c3cccc(OC)c23)CC1.I. The number of hydrogen-bond donors (Lipinski definition) is 3. The zero-order chi connectivity index (χ0) is 19.9. The van der Waals surface area contributed by atoms with Crippen LogP contribution in [0.15, 0.2) is 29.4 Å². The van der Waals surface area contributed by atoms with E-state index in [1.54, 1.807) is 12.0 Å². The average Bonchev–Trinajstić information content (AvgIpc) is 3.12. The van der Waals surface area contributed by atoms with E-state index in [1.165, 1.54) is 0 Å². The number of rotatable bonds is 6. The van der Waals surface area contributed by atoms with E-state index in [1.807, 2.05) is 31.3 Å². The van der Waals surface area contributed by atoms with Crippen molar-refractivity contribution in [3.8, 4) is 5.75 Å². The molecule has 160 valence electrons. The lowest BCUT2D eigenvalue weighted by Crippen LogP contribution is -2.48. The van der Waals surface area contributed by atoms with Gasteiger partial charge in [0.25, 0.3) is 0 Å². The fraction of sp³-hybridized carbons (Fsp3) is 0.500. The molecule has 0 atom stereocenters. The minimum Gasteiger partial charge on any atom is -0.496 e. The monoisotopic (exact) mass is 515 g/mol. The van der Waals surface area contributed by atoms with Gasteiger partial charge in [0.15, 0.2) is 5.96 Å². The first kappa shape index (κ1) is 23.1. The van der Waals surface area contributed by atoms with Crippen molar-refractivity contribution in [2.75, 3.05) is 33.4 Å². The zero-order valence-corrected chi connectivity index (χ0v) is 19.3. The summed E-state index contributed by atoms with van der Waals surface area (Å²) in [5, 5.41) is 4.36. The Hall–Kier alpha value is -2.17. The molecular weight excluding hydrogens is 485 g/mol. The Bertz CT molecular complexity index is 831. The number of aliphatic imine (C=N–C) groups is 1. The van der Waals surface area contributed by atoms with Crippen LogP contribution in [0.4, 0.5) is 4.79 Å². The normalized spacial score (nSPS) is 15.1. The minimum absolute atomic E-state index is 0. The van der Waals surface area contributed by atoms with Crippen LogP contribution in [0.5, 0.6) is 5.75 Å². The van der Waals surface area contributed by atoms with Crippen LogP contribution in [0.2, 0.25) is 0 Å². The van der Waals surface area contributed by atoms with Crippen molar-refractivity contribution < 1.29 is 14.3 Å². The number of hydrogen-bond acceptors (Lipinski definition) is 4. The summed E-state index contributed by atoms with van der Waals surface area (Å²) in [7, 11) is 1.68. The molecular formula is C20H30IN5O3. The molecule has 1 aliphatic rings. The molecule has 1 fully saturated rings. The van der Waals surface area contributed by atoms with Gasteiger partial charge in [0, 0.05) is 42.8 Å². The van der Waals surface area contributed by atoms with Crippen molar-refractivity contribution in [1.82, 2.24) is 15.2 Å². The molecule has 2 aromatic rings. The first-order valence-corrected chi connectivity index (χ1v) is 9.73. The van der Waals surface area contributed by atoms with Crippen molar-refractivity contribution in [3.63, 3.8) is 0 Å². The predicted molar refractivity (Wildman–Crippen MR) is 125 cm³/mol. The number of nitrogens with zero attached hydrogens (tertiary/aromatic N) is 2. The Morgan fingerprint density at radius 2 is 2.14 bits per heavy atom. The van der Waals surface area contributed by atoms with Gasteiger partial charge in [-0.1, -0.05) is 6.07 Å². The maximum Gasteiger partial charge on any atom is 0.409 e. The van der Waals surface area contributed by atoms with Gasteiger partial charge in [0.1, 0.15) is 5.75 Å². The van der Waals surface area contributed by atoms with E-state index >= 15 is 0 Å². The molecule has 1 aromatic carbocycles. The molecule has 0 radical (unpaired) electrons. The van der Waals surface area contributed by atoms with E-state index in [-0.39, 0.29) is 36.1 Å². The standard InChI is InChI=1S/C20H29N5O3.HI/c1-3-28-20(26)25-11-8-15(9-12-25)24-19(21)22-10-7-14-13-23-16-5-4-6-17(27-2)18(14)16;/h4-6,13,15,23H,3,7-12H2,1-2H3,(H3,21,22,24);1H. The van der Waals surface area contributed by atoms with E-state index in [0.717, 1.165) is 41.5 Å². The Labute approximate surface area is 188 Å². The number of piperidine rings is 1. The van der Waals surface area contributed by atoms with Gasteiger partial charge < -0.3 is 30.4 Å². The van der Waals surface area contributed by atoms with Gasteiger partial charge in [-0.05, 0) is 43.9 Å². The Morgan fingerprint density at radius 3 is 2.83 bits per heavy atom. The summed E-state index contributed by atoms with van der Waals surface area (Å²) < 4.78 is 10.5. The molecule has 3 rings (SSSR count). The third-order valence-corrected chi connectivity index (χ3v) is 5.01. The Morgan fingerprint density at radius 1 is 1.38 bits per heavy atom. The second kappa shape index (κ2) is 11.1. The predicted octanol–water partition coefficient (Wildman–Crippen LogP) is 2.86. The summed E-state index contributed by atoms with van der Waals surface area (Å²) in [5.41, 5.74) is 8.27. The quantitative estimate of drug-likeness (QED) is 0.312. The summed E-state index contributed by atoms with van der Waals surface area (Å²) in [6.07, 6.45) is 4.18. The van der Waals surface area contributed by atoms with Crippen LogP contribution < -0.4 is 15.8 Å². The van der Waals surface area contributed by atoms with Crippen molar-refractivity contribution in [2.24, 2.45) is 10.7 Å². The molecule has 9 heteroatoms. The van der Waals surface area contributed by atoms with Gasteiger partial charge in [-0.15, -0.1) is 24.0 Å². The number of nitrogens with two attached hydrogens (primary N) is 1. The first-order chi connectivity index (χ1) is 13.6. The highest BCUT2D eigenvalue weighted by atomic mass is 127. The molecule has 0 unspecified atom stereocenters. The van der Waals surface area contributed by atoms with E-state index in [2.05, 4.69) is 15.3 Å². The number of likely N-dealkylation sites (tertiary alicyclic amines) is 1. The lowest BCUT2D eigenvalue weighted by molar-refractivity contribution is 0.0963. The summed E-state index contributed by atoms with van der Waals surface area (Å²) >= 11 is 0. The molecule has 4 N–H and O–H groups in total. The molecule has 1 aromatic heterocycles. The highest BCUT2D eigenvalue weighted by Crippen LogP contribution is 2.28. The largest absolute Gasteiger partial charge is 0.496 e. The van der Waals surface area contributed by atoms with Gasteiger partial charge in [-0.25, -0.2) is 4.79 Å². The molecule has 0 aliphatic carbocycles. The van der Waals surface area contributed by atoms with Gasteiger partial charge in [0.2, 0.25) is 0 Å². The van der Waals surface area contributed by atoms with Crippen molar-refractivity contribution in [1.29, 1.82) is 0 Å². The molecule has 29 heavy (non-hydrogen) atoms. The third kappa shape index (κ3) is 5.91. The van der Waals surface area contributed by atoms with Crippen molar-refractivity contribution in [3.05, 3.63) is 30.0 Å². The highest BCUT2D eigenvalue weighted by Gasteiger charge is 2.23. The van der Waals surface area contributed by atoms with Crippen molar-refractivity contribution in [2.45, 2.75) is 32.2 Å². The zero-order valence-electron chi connectivity index (χ0n) is 16.9. The summed E-state index contributed by atoms with van der Waals surface area (Å²) in [4.78, 5) is 21.2. The smallest absolute Gasteiger partial charge is 0.409 e. The third-order valence-electron chi connectivity index (χ3n) is 5.01. The number of fused-ring (bicyclic) bond motifs is 1. The molecule has 0 spiro atoms. The number of ether oxygens (including phenoxy) is 2. The van der Waals surface area contributed by atoms with E-state index < -0.39 is 0 Å². The number of halogens is 1. The van der Waals surface area contributed by atoms with Gasteiger partial charge >= 0.3 is 6.09 Å². The van der Waals surface area contributed by atoms with Crippen molar-refractivity contribution >= 4 is 46.9 Å². The van der Waals surface area contributed by atoms with Crippen LogP contribution in [-0.2, 0) is 11.2 Å². The number of carbonyl (C=O) groups excluding carboxylic acids is 1. The number of guanidine groups is 1. The maximum absolute atomic E-state index is 11.7. The number of aromatic amines is 1. The molecule has 2 heterocycles. The van der Waals surface area contributed by atoms with E-state index in [0.29, 0.717) is 32.2 Å². The summed E-state index contributed by atoms with van der Waals surface area (Å²) in [6, 6.07) is 6.18. The molecule has 1 saturated heterocycles. The maximum atomic E-state index is 11.7. The average molecular weight is 515 g/mol. The van der Waals surface area contributed by atoms with Crippen LogP contribution in [0.25, 0.3) is 10.9 Å². The van der Waals surface area contributed by atoms with Crippen LogP contribution in [-0.4, -0.2) is 61.3 Å². The van der Waals surface area contributed by atoms with Crippen LogP contribution in [0, 0.1) is 0 Å². The molecule has 1 aliphatic heterocycles. The highest BCUT2D eigenvalue weighted by molar-refractivity contribution is 14.0. The molecule has 8 nitrogen and oxygen atoms in total. The fourth-order valence-electron chi connectivity index (χ4n) is 3.56. The number of nitrogens with one attached hydrogen (secondary N) is 2. The number of carbonyl (C=O) groups is 1. The van der Waals surface area contributed by atoms with Gasteiger partial charge in [0.05, 0.1) is 13.7 Å². The second-order valence-electron chi connectivity index (χ2n) is 6.82. The number of methoxy groups -OCH3 is 1. The van der Waals surface area contributed by atoms with Crippen LogP contribution >= 0.6 is 24.0 Å². The van der Waals surface area contributed by atoms with E-state index in [9.17, 15) is 4.79 Å². The molecule has 1 amide bonds. The Kier molecular flexibility index (Phi) is 8.87. The van der Waals surface area contributed by atoms with Gasteiger partial charge in [-0.2, -0.15) is 0 Å². The van der Waals surface area contributed by atoms with Crippen LogP contribution in [0.1, 0.15) is 25.3 Å². The number of H-pyrrole nitrogens is 1. The number of amides is 1. The van der Waals surface area contributed by atoms with Crippen LogP contribution in [0.3, 0.4) is 0 Å². The van der Waals surface area contributed by atoms with E-state index in [4.69, 9.17) is 15.2 Å². The molecule has 0 saturated carbocycles. The Balaban J connectivity index is 0.00000300. The van der Waals surface area contributed by atoms with Gasteiger partial charge in [-0.3, -0.25) is 4.99 Å². The summed E-state index contributed by atoms with van der Waals surface area (Å²) in [5.74, 6) is 1.30. The lowest BCUT2D eigenvalue weighted by Gasteiger charge is -2.31.